The zero-order valence-electron chi connectivity index (χ0n) is 15.2. The molecule has 0 unspecified atom stereocenters. The monoisotopic (exact) mass is 384 g/mol. The number of hydrazine groups is 1. The number of nitrogens with one attached hydrogen (secondary N) is 4. The Morgan fingerprint density at radius 1 is 0.893 bits per heavy atom. The normalized spacial score (nSPS) is 11.5. The number of rotatable bonds is 6. The van der Waals surface area contributed by atoms with Crippen LogP contribution in [0.4, 0.5) is 5.69 Å². The average molecular weight is 384 g/mol. The number of hydrogen-bond donors (Lipinski definition) is 4. The van der Waals surface area contributed by atoms with Crippen LogP contribution in [-0.4, -0.2) is 37.6 Å². The Labute approximate surface area is 161 Å². The van der Waals surface area contributed by atoms with Gasteiger partial charge in [-0.05, 0) is 37.3 Å². The molecule has 2 aromatic rings. The quantitative estimate of drug-likeness (QED) is 0.545. The van der Waals surface area contributed by atoms with Gasteiger partial charge in [0.15, 0.2) is 11.5 Å². The fourth-order valence-electron chi connectivity index (χ4n) is 2.38. The van der Waals surface area contributed by atoms with E-state index in [1.165, 1.54) is 6.07 Å². The van der Waals surface area contributed by atoms with Crippen LogP contribution in [0, 0.1) is 6.92 Å². The molecule has 3 rings (SSSR count). The first kappa shape index (κ1) is 19.0. The van der Waals surface area contributed by atoms with E-state index in [9.17, 15) is 14.4 Å². The molecule has 0 atom stereocenters. The number of benzene rings is 2. The SMILES string of the molecule is Cc1ccc(NCC(=O)NNC(=O)CNC(=O)c2ccc3c(c2)OCO3)cc1. The summed E-state index contributed by atoms with van der Waals surface area (Å²) >= 11 is 0. The smallest absolute Gasteiger partial charge is 0.257 e. The summed E-state index contributed by atoms with van der Waals surface area (Å²) in [7, 11) is 0. The lowest BCUT2D eigenvalue weighted by molar-refractivity contribution is -0.127. The third kappa shape index (κ3) is 5.13. The van der Waals surface area contributed by atoms with Crippen molar-refractivity contribution in [1.29, 1.82) is 0 Å². The zero-order chi connectivity index (χ0) is 19.9. The fourth-order valence-corrected chi connectivity index (χ4v) is 2.38. The Kier molecular flexibility index (Phi) is 5.95. The number of carbonyl (C=O) groups is 3. The number of anilines is 1. The molecule has 0 saturated heterocycles. The molecule has 4 N–H and O–H groups in total. The molecule has 9 heteroatoms. The number of amides is 3. The van der Waals surface area contributed by atoms with E-state index in [0.29, 0.717) is 17.1 Å². The van der Waals surface area contributed by atoms with E-state index in [1.54, 1.807) is 12.1 Å². The minimum atomic E-state index is -0.558. The molecular formula is C19H20N4O5. The van der Waals surface area contributed by atoms with E-state index in [1.807, 2.05) is 31.2 Å². The van der Waals surface area contributed by atoms with Gasteiger partial charge in [-0.1, -0.05) is 17.7 Å². The van der Waals surface area contributed by atoms with Gasteiger partial charge in [0.2, 0.25) is 6.79 Å². The molecule has 0 radical (unpaired) electrons. The Morgan fingerprint density at radius 3 is 2.32 bits per heavy atom. The number of hydrogen-bond acceptors (Lipinski definition) is 6. The van der Waals surface area contributed by atoms with Gasteiger partial charge in [0.25, 0.3) is 17.7 Å². The second-order valence-electron chi connectivity index (χ2n) is 6.07. The highest BCUT2D eigenvalue weighted by Gasteiger charge is 2.16. The van der Waals surface area contributed by atoms with Crippen molar-refractivity contribution in [3.8, 4) is 11.5 Å². The molecule has 0 bridgehead atoms. The molecule has 0 saturated carbocycles. The topological polar surface area (TPSA) is 118 Å². The van der Waals surface area contributed by atoms with Crippen LogP contribution in [0.5, 0.6) is 11.5 Å². The Bertz CT molecular complexity index is 882. The van der Waals surface area contributed by atoms with Gasteiger partial charge in [-0.2, -0.15) is 0 Å². The average Bonchev–Trinajstić information content (AvgIpc) is 3.17. The van der Waals surface area contributed by atoms with Crippen LogP contribution in [0.3, 0.4) is 0 Å². The molecule has 0 spiro atoms. The van der Waals surface area contributed by atoms with Crippen LogP contribution in [0.2, 0.25) is 0 Å². The summed E-state index contributed by atoms with van der Waals surface area (Å²) in [5.74, 6) is -0.378. The summed E-state index contributed by atoms with van der Waals surface area (Å²) in [6, 6.07) is 12.3. The molecular weight excluding hydrogens is 364 g/mol. The standard InChI is InChI=1S/C19H20N4O5/c1-12-2-5-14(6-3-12)20-9-17(24)22-23-18(25)10-21-19(26)13-4-7-15-16(8-13)28-11-27-15/h2-8,20H,9-11H2,1H3,(H,21,26)(H,22,24)(H,23,25). The van der Waals surface area contributed by atoms with Crippen LogP contribution in [0.1, 0.15) is 15.9 Å². The molecule has 0 aromatic heterocycles. The van der Waals surface area contributed by atoms with Gasteiger partial charge in [-0.25, -0.2) is 0 Å². The summed E-state index contributed by atoms with van der Waals surface area (Å²) in [5, 5.41) is 5.39. The van der Waals surface area contributed by atoms with Gasteiger partial charge in [-0.15, -0.1) is 0 Å². The molecule has 2 aromatic carbocycles. The van der Waals surface area contributed by atoms with Gasteiger partial charge in [0, 0.05) is 11.3 Å². The second-order valence-corrected chi connectivity index (χ2v) is 6.07. The molecule has 1 aliphatic rings. The number of ether oxygens (including phenoxy) is 2. The van der Waals surface area contributed by atoms with Crippen molar-refractivity contribution in [3.05, 3.63) is 53.6 Å². The number of fused-ring (bicyclic) bond motifs is 1. The van der Waals surface area contributed by atoms with Crippen LogP contribution >= 0.6 is 0 Å². The van der Waals surface area contributed by atoms with E-state index in [2.05, 4.69) is 21.5 Å². The van der Waals surface area contributed by atoms with Crippen molar-refractivity contribution < 1.29 is 23.9 Å². The van der Waals surface area contributed by atoms with E-state index in [0.717, 1.165) is 11.3 Å². The van der Waals surface area contributed by atoms with Crippen molar-refractivity contribution in [1.82, 2.24) is 16.2 Å². The molecule has 28 heavy (non-hydrogen) atoms. The van der Waals surface area contributed by atoms with Gasteiger partial charge in [0.1, 0.15) is 0 Å². The van der Waals surface area contributed by atoms with Crippen LogP contribution < -0.4 is 31.0 Å². The molecule has 0 aliphatic carbocycles. The second kappa shape index (κ2) is 8.76. The van der Waals surface area contributed by atoms with Crippen LogP contribution in [0.15, 0.2) is 42.5 Å². The maximum Gasteiger partial charge on any atom is 0.257 e. The van der Waals surface area contributed by atoms with Crippen molar-refractivity contribution in [3.63, 3.8) is 0 Å². The molecule has 146 valence electrons. The largest absolute Gasteiger partial charge is 0.454 e. The lowest BCUT2D eigenvalue weighted by Gasteiger charge is -2.10. The molecule has 1 heterocycles. The minimum Gasteiger partial charge on any atom is -0.454 e. The van der Waals surface area contributed by atoms with Crippen LogP contribution in [-0.2, 0) is 9.59 Å². The third-order valence-corrected chi connectivity index (χ3v) is 3.89. The lowest BCUT2D eigenvalue weighted by Crippen LogP contribution is -2.47. The van der Waals surface area contributed by atoms with Gasteiger partial charge >= 0.3 is 0 Å². The van der Waals surface area contributed by atoms with Crippen molar-refractivity contribution in [2.75, 3.05) is 25.2 Å². The highest BCUT2D eigenvalue weighted by atomic mass is 16.7. The summed E-state index contributed by atoms with van der Waals surface area (Å²) in [5.41, 5.74) is 6.76. The van der Waals surface area contributed by atoms with Crippen molar-refractivity contribution >= 4 is 23.4 Å². The first-order valence-electron chi connectivity index (χ1n) is 8.57. The van der Waals surface area contributed by atoms with Gasteiger partial charge < -0.3 is 20.1 Å². The molecule has 3 amide bonds. The van der Waals surface area contributed by atoms with E-state index >= 15 is 0 Å². The highest BCUT2D eigenvalue weighted by molar-refractivity contribution is 5.97. The predicted octanol–water partition coefficient (Wildman–Crippen LogP) is 0.713. The van der Waals surface area contributed by atoms with E-state index < -0.39 is 17.7 Å². The van der Waals surface area contributed by atoms with Crippen LogP contribution in [0.25, 0.3) is 0 Å². The van der Waals surface area contributed by atoms with Crippen molar-refractivity contribution in [2.24, 2.45) is 0 Å². The molecule has 0 fully saturated rings. The first-order chi connectivity index (χ1) is 13.5. The lowest BCUT2D eigenvalue weighted by atomic mass is 10.2. The van der Waals surface area contributed by atoms with E-state index in [-0.39, 0.29) is 19.9 Å². The highest BCUT2D eigenvalue weighted by Crippen LogP contribution is 2.32. The molecule has 9 nitrogen and oxygen atoms in total. The summed E-state index contributed by atoms with van der Waals surface area (Å²) < 4.78 is 10.4. The number of carbonyl (C=O) groups excluding carboxylic acids is 3. The molecule has 1 aliphatic heterocycles. The maximum atomic E-state index is 12.1. The Hall–Kier alpha value is -3.75. The summed E-state index contributed by atoms with van der Waals surface area (Å²) in [6.45, 7) is 1.78. The van der Waals surface area contributed by atoms with E-state index in [4.69, 9.17) is 9.47 Å². The predicted molar refractivity (Wildman–Crippen MR) is 101 cm³/mol. The third-order valence-electron chi connectivity index (χ3n) is 3.89. The zero-order valence-corrected chi connectivity index (χ0v) is 15.2. The maximum absolute atomic E-state index is 12.1. The van der Waals surface area contributed by atoms with Crippen molar-refractivity contribution in [2.45, 2.75) is 6.92 Å². The summed E-state index contributed by atoms with van der Waals surface area (Å²) in [6.07, 6.45) is 0. The van der Waals surface area contributed by atoms with Gasteiger partial charge in [0.05, 0.1) is 13.1 Å². The number of aryl methyl sites for hydroxylation is 1. The Balaban J connectivity index is 1.36. The fraction of sp³-hybridized carbons (Fsp3) is 0.211. The van der Waals surface area contributed by atoms with Gasteiger partial charge in [-0.3, -0.25) is 25.2 Å². The first-order valence-corrected chi connectivity index (χ1v) is 8.57. The summed E-state index contributed by atoms with van der Waals surface area (Å²) in [4.78, 5) is 35.6. The minimum absolute atomic E-state index is 0.00705. The Morgan fingerprint density at radius 2 is 1.57 bits per heavy atom.